The van der Waals surface area contributed by atoms with Crippen molar-refractivity contribution in [1.82, 2.24) is 20.3 Å². The minimum Gasteiger partial charge on any atom is -0.376 e. The maximum atomic E-state index is 5.73. The van der Waals surface area contributed by atoms with Crippen LogP contribution in [0.4, 0.5) is 11.6 Å². The van der Waals surface area contributed by atoms with Gasteiger partial charge in [-0.3, -0.25) is 0 Å². The Morgan fingerprint density at radius 1 is 1.12 bits per heavy atom. The molecule has 24 heavy (non-hydrogen) atoms. The summed E-state index contributed by atoms with van der Waals surface area (Å²) >= 11 is 0. The predicted molar refractivity (Wildman–Crippen MR) is 87.1 cm³/mol. The van der Waals surface area contributed by atoms with E-state index in [9.17, 15) is 0 Å². The van der Waals surface area contributed by atoms with Gasteiger partial charge in [0.15, 0.2) is 11.6 Å². The van der Waals surface area contributed by atoms with Gasteiger partial charge in [-0.1, -0.05) is 12.8 Å². The molecule has 3 heterocycles. The van der Waals surface area contributed by atoms with Gasteiger partial charge in [-0.2, -0.15) is 0 Å². The third-order valence-electron chi connectivity index (χ3n) is 4.52. The van der Waals surface area contributed by atoms with E-state index in [-0.39, 0.29) is 6.10 Å². The molecule has 0 aromatic carbocycles. The van der Waals surface area contributed by atoms with Crippen molar-refractivity contribution in [1.29, 1.82) is 0 Å². The van der Waals surface area contributed by atoms with E-state index in [1.54, 1.807) is 0 Å². The van der Waals surface area contributed by atoms with Gasteiger partial charge in [-0.15, -0.1) is 0 Å². The first-order chi connectivity index (χ1) is 11.8. The van der Waals surface area contributed by atoms with E-state index in [2.05, 4.69) is 25.6 Å². The van der Waals surface area contributed by atoms with Crippen molar-refractivity contribution in [2.75, 3.05) is 43.6 Å². The highest BCUT2D eigenvalue weighted by atomic mass is 16.6. The Bertz CT molecular complexity index is 681. The molecule has 4 rings (SSSR count). The number of nitrogens with one attached hydrogen (secondary N) is 1. The molecule has 1 N–H and O–H groups in total. The van der Waals surface area contributed by atoms with Crippen LogP contribution in [0.5, 0.6) is 0 Å². The maximum absolute atomic E-state index is 5.73. The summed E-state index contributed by atoms with van der Waals surface area (Å²) in [5, 5.41) is 11.1. The first-order valence-electron chi connectivity index (χ1n) is 8.47. The van der Waals surface area contributed by atoms with Crippen molar-refractivity contribution in [3.05, 3.63) is 0 Å². The van der Waals surface area contributed by atoms with Crippen molar-refractivity contribution in [2.45, 2.75) is 37.8 Å². The molecule has 1 aliphatic heterocycles. The number of fused-ring (bicyclic) bond motifs is 1. The minimum atomic E-state index is 0.0241. The second kappa shape index (κ2) is 6.86. The summed E-state index contributed by atoms with van der Waals surface area (Å²) in [5.74, 6) is 1.46. The highest BCUT2D eigenvalue weighted by Gasteiger charge is 2.23. The lowest BCUT2D eigenvalue weighted by Crippen LogP contribution is -2.39. The van der Waals surface area contributed by atoms with Crippen LogP contribution in [-0.4, -0.2) is 65.8 Å². The number of rotatable bonds is 5. The fraction of sp³-hybridized carbons (Fsp3) is 0.733. The molecule has 1 atom stereocenters. The molecular weight excluding hydrogens is 312 g/mol. The molecule has 2 aromatic rings. The van der Waals surface area contributed by atoms with Gasteiger partial charge in [0.25, 0.3) is 0 Å². The van der Waals surface area contributed by atoms with Crippen LogP contribution in [0.25, 0.3) is 11.3 Å². The van der Waals surface area contributed by atoms with E-state index >= 15 is 0 Å². The number of hydrogen-bond acceptors (Lipinski definition) is 9. The standard InChI is InChI=1S/C15H22N6O3/c1-21(8-11-9-22-6-7-23-11)15-14(16-10-4-2-3-5-10)17-12-13(18-15)20-24-19-12/h10-11H,2-9H2,1H3,(H,16,17,19). The third kappa shape index (κ3) is 3.27. The highest BCUT2D eigenvalue weighted by molar-refractivity contribution is 5.74. The number of likely N-dealkylation sites (N-methyl/N-ethyl adjacent to an activating group) is 1. The zero-order chi connectivity index (χ0) is 16.4. The summed E-state index contributed by atoms with van der Waals surface area (Å²) in [5.41, 5.74) is 0.833. The van der Waals surface area contributed by atoms with Gasteiger partial charge < -0.3 is 19.7 Å². The molecule has 9 heteroatoms. The van der Waals surface area contributed by atoms with E-state index in [4.69, 9.17) is 14.1 Å². The van der Waals surface area contributed by atoms with Crippen LogP contribution in [0.2, 0.25) is 0 Å². The normalized spacial score (nSPS) is 22.1. The Balaban J connectivity index is 1.58. The van der Waals surface area contributed by atoms with Crippen molar-refractivity contribution < 1.29 is 14.1 Å². The van der Waals surface area contributed by atoms with Gasteiger partial charge in [-0.05, 0) is 23.2 Å². The lowest BCUT2D eigenvalue weighted by atomic mass is 10.2. The second-order valence-corrected chi connectivity index (χ2v) is 6.38. The average Bonchev–Trinajstić information content (AvgIpc) is 3.26. The van der Waals surface area contributed by atoms with E-state index in [0.717, 1.165) is 24.5 Å². The largest absolute Gasteiger partial charge is 0.376 e. The number of ether oxygens (including phenoxy) is 2. The molecule has 0 bridgehead atoms. The summed E-state index contributed by atoms with van der Waals surface area (Å²) in [4.78, 5) is 11.2. The lowest BCUT2D eigenvalue weighted by molar-refractivity contribution is -0.0837. The molecular formula is C15H22N6O3. The van der Waals surface area contributed by atoms with Gasteiger partial charge >= 0.3 is 0 Å². The lowest BCUT2D eigenvalue weighted by Gasteiger charge is -2.29. The first-order valence-corrected chi connectivity index (χ1v) is 8.47. The zero-order valence-electron chi connectivity index (χ0n) is 13.8. The van der Waals surface area contributed by atoms with E-state index in [1.807, 2.05) is 11.9 Å². The minimum absolute atomic E-state index is 0.0241. The molecule has 0 radical (unpaired) electrons. The van der Waals surface area contributed by atoms with Crippen molar-refractivity contribution >= 4 is 22.9 Å². The topological polar surface area (TPSA) is 98.4 Å². The van der Waals surface area contributed by atoms with Crippen LogP contribution in [0, 0.1) is 0 Å². The zero-order valence-corrected chi connectivity index (χ0v) is 13.8. The number of hydrogen-bond donors (Lipinski definition) is 1. The third-order valence-corrected chi connectivity index (χ3v) is 4.52. The molecule has 2 fully saturated rings. The molecule has 130 valence electrons. The Labute approximate surface area is 139 Å². The maximum Gasteiger partial charge on any atom is 0.245 e. The summed E-state index contributed by atoms with van der Waals surface area (Å²) < 4.78 is 16.0. The summed E-state index contributed by atoms with van der Waals surface area (Å²) in [6.07, 6.45) is 4.82. The summed E-state index contributed by atoms with van der Waals surface area (Å²) in [7, 11) is 1.97. The Hall–Kier alpha value is -2.00. The number of anilines is 2. The fourth-order valence-electron chi connectivity index (χ4n) is 3.29. The van der Waals surface area contributed by atoms with E-state index < -0.39 is 0 Å². The van der Waals surface area contributed by atoms with Crippen LogP contribution in [0.3, 0.4) is 0 Å². The van der Waals surface area contributed by atoms with Crippen LogP contribution in [0.1, 0.15) is 25.7 Å². The van der Waals surface area contributed by atoms with E-state index in [1.165, 1.54) is 12.8 Å². The van der Waals surface area contributed by atoms with Crippen molar-refractivity contribution in [3.8, 4) is 0 Å². The molecule has 0 spiro atoms. The Kier molecular flexibility index (Phi) is 4.44. The molecule has 0 amide bonds. The van der Waals surface area contributed by atoms with Crippen LogP contribution >= 0.6 is 0 Å². The van der Waals surface area contributed by atoms with Crippen LogP contribution < -0.4 is 10.2 Å². The summed E-state index contributed by atoms with van der Waals surface area (Å²) in [6, 6.07) is 0.429. The molecule has 1 saturated carbocycles. The van der Waals surface area contributed by atoms with Gasteiger partial charge in [0.1, 0.15) is 0 Å². The molecule has 9 nitrogen and oxygen atoms in total. The summed E-state index contributed by atoms with van der Waals surface area (Å²) in [6.45, 7) is 2.55. The molecule has 1 saturated heterocycles. The Morgan fingerprint density at radius 3 is 2.67 bits per heavy atom. The smallest absolute Gasteiger partial charge is 0.245 e. The molecule has 2 aliphatic rings. The highest BCUT2D eigenvalue weighted by Crippen LogP contribution is 2.28. The van der Waals surface area contributed by atoms with Crippen molar-refractivity contribution in [2.24, 2.45) is 0 Å². The monoisotopic (exact) mass is 334 g/mol. The predicted octanol–water partition coefficient (Wildman–Crippen LogP) is 1.22. The fourth-order valence-corrected chi connectivity index (χ4v) is 3.29. The van der Waals surface area contributed by atoms with Gasteiger partial charge in [-0.25, -0.2) is 14.6 Å². The number of nitrogens with zero attached hydrogens (tertiary/aromatic N) is 5. The SMILES string of the molecule is CN(CC1COCCO1)c1nc2nonc2nc1NC1CCCC1. The van der Waals surface area contributed by atoms with Gasteiger partial charge in [0, 0.05) is 19.6 Å². The van der Waals surface area contributed by atoms with Crippen LogP contribution in [0.15, 0.2) is 4.63 Å². The second-order valence-electron chi connectivity index (χ2n) is 6.38. The Morgan fingerprint density at radius 2 is 1.92 bits per heavy atom. The molecule has 1 unspecified atom stereocenters. The average molecular weight is 334 g/mol. The molecule has 1 aliphatic carbocycles. The quantitative estimate of drug-likeness (QED) is 0.865. The molecule has 2 aromatic heterocycles. The van der Waals surface area contributed by atoms with Gasteiger partial charge in [0.05, 0.1) is 25.9 Å². The number of aromatic nitrogens is 4. The van der Waals surface area contributed by atoms with E-state index in [0.29, 0.717) is 43.7 Å². The van der Waals surface area contributed by atoms with Crippen molar-refractivity contribution in [3.63, 3.8) is 0 Å². The van der Waals surface area contributed by atoms with Crippen LogP contribution in [-0.2, 0) is 9.47 Å². The first kappa shape index (κ1) is 15.5. The van der Waals surface area contributed by atoms with Gasteiger partial charge in [0.2, 0.25) is 11.3 Å².